The number of alkyl halides is 2. The Labute approximate surface area is 258 Å². The number of nitrogens with zero attached hydrogens (tertiary/aromatic N) is 2. The summed E-state index contributed by atoms with van der Waals surface area (Å²) >= 11 is 0. The lowest BCUT2D eigenvalue weighted by atomic mass is 9.82. The summed E-state index contributed by atoms with van der Waals surface area (Å²) in [5, 5.41) is 19.5. The molecule has 0 aromatic heterocycles. The molecule has 3 amide bonds. The minimum Gasteiger partial charge on any atom is -0.390 e. The zero-order chi connectivity index (χ0) is 28.6. The van der Waals surface area contributed by atoms with E-state index in [0.29, 0.717) is 6.42 Å². The maximum Gasteiger partial charge on any atom is 0.262 e. The highest BCUT2D eigenvalue weighted by molar-refractivity contribution is 5.93. The Bertz CT molecular complexity index is 1130. The van der Waals surface area contributed by atoms with Gasteiger partial charge in [0.1, 0.15) is 12.1 Å². The van der Waals surface area contributed by atoms with Crippen LogP contribution in [0.3, 0.4) is 0 Å². The van der Waals surface area contributed by atoms with E-state index in [-0.39, 0.29) is 56.1 Å². The Morgan fingerprint density at radius 1 is 1.07 bits per heavy atom. The minimum absolute atomic E-state index is 0. The first kappa shape index (κ1) is 34.4. The van der Waals surface area contributed by atoms with Gasteiger partial charge >= 0.3 is 0 Å². The summed E-state index contributed by atoms with van der Waals surface area (Å²) in [4.78, 5) is 44.0. The maximum atomic E-state index is 14.5. The van der Waals surface area contributed by atoms with Crippen molar-refractivity contribution in [2.45, 2.75) is 94.1 Å². The fourth-order valence-electron chi connectivity index (χ4n) is 6.94. The number of carbonyl (C=O) groups is 3. The third-order valence-corrected chi connectivity index (χ3v) is 9.28. The smallest absolute Gasteiger partial charge is 0.262 e. The predicted molar refractivity (Wildman–Crippen MR) is 159 cm³/mol. The summed E-state index contributed by atoms with van der Waals surface area (Å²) in [7, 11) is 1.66. The van der Waals surface area contributed by atoms with Crippen LogP contribution in [0.5, 0.6) is 0 Å². The van der Waals surface area contributed by atoms with Crippen molar-refractivity contribution in [3.05, 3.63) is 35.4 Å². The van der Waals surface area contributed by atoms with E-state index in [1.54, 1.807) is 18.9 Å². The Hall–Kier alpha value is -2.05. The molecule has 4 N–H and O–H groups in total. The first-order valence-corrected chi connectivity index (χ1v) is 14.5. The van der Waals surface area contributed by atoms with Gasteiger partial charge in [-0.2, -0.15) is 0 Å². The van der Waals surface area contributed by atoms with Gasteiger partial charge < -0.3 is 26.0 Å². The van der Waals surface area contributed by atoms with Crippen molar-refractivity contribution in [2.75, 3.05) is 26.7 Å². The molecule has 2 saturated heterocycles. The van der Waals surface area contributed by atoms with E-state index in [0.717, 1.165) is 43.2 Å². The Morgan fingerprint density at radius 3 is 2.45 bits per heavy atom. The predicted octanol–water partition coefficient (Wildman–Crippen LogP) is 2.20. The molecule has 42 heavy (non-hydrogen) atoms. The third-order valence-electron chi connectivity index (χ3n) is 9.28. The first-order chi connectivity index (χ1) is 19.1. The number of aliphatic hydroxyl groups excluding tert-OH is 1. The van der Waals surface area contributed by atoms with Crippen LogP contribution in [-0.4, -0.2) is 95.5 Å². The molecule has 236 valence electrons. The van der Waals surface area contributed by atoms with Gasteiger partial charge in [0.15, 0.2) is 0 Å². The van der Waals surface area contributed by atoms with E-state index < -0.39 is 60.6 Å². The summed E-state index contributed by atoms with van der Waals surface area (Å²) in [6.45, 7) is 1.20. The second-order valence-corrected chi connectivity index (χ2v) is 12.0. The number of likely N-dealkylation sites (N-methyl/N-ethyl adjacent to an activating group) is 1. The maximum absolute atomic E-state index is 14.5. The number of rotatable bonds is 7. The molecule has 1 aromatic carbocycles. The number of aliphatic hydroxyl groups is 1. The highest BCUT2D eigenvalue weighted by Gasteiger charge is 2.52. The average Bonchev–Trinajstić information content (AvgIpc) is 3.43. The molecule has 5 rings (SSSR count). The Morgan fingerprint density at radius 2 is 1.76 bits per heavy atom. The highest BCUT2D eigenvalue weighted by Crippen LogP contribution is 2.37. The molecule has 2 aliphatic carbocycles. The number of halogens is 4. The van der Waals surface area contributed by atoms with Gasteiger partial charge in [-0.3, -0.25) is 19.3 Å². The van der Waals surface area contributed by atoms with Crippen molar-refractivity contribution in [1.82, 2.24) is 25.8 Å². The normalized spacial score (nSPS) is 28.4. The number of carbonyl (C=O) groups excluding carboxylic acids is 3. The number of hydrogen-bond acceptors (Lipinski definition) is 6. The number of benzene rings is 1. The van der Waals surface area contributed by atoms with Gasteiger partial charge in [0.05, 0.1) is 24.7 Å². The number of fused-ring (bicyclic) bond motifs is 2. The van der Waals surface area contributed by atoms with E-state index in [4.69, 9.17) is 0 Å². The number of hydrogen-bond donors (Lipinski definition) is 4. The third kappa shape index (κ3) is 7.18. The summed E-state index contributed by atoms with van der Waals surface area (Å²) < 4.78 is 28.9. The van der Waals surface area contributed by atoms with E-state index in [9.17, 15) is 28.3 Å². The largest absolute Gasteiger partial charge is 0.390 e. The van der Waals surface area contributed by atoms with Crippen molar-refractivity contribution >= 4 is 42.5 Å². The van der Waals surface area contributed by atoms with Gasteiger partial charge in [0.25, 0.3) is 5.92 Å². The van der Waals surface area contributed by atoms with Crippen molar-refractivity contribution < 1.29 is 28.3 Å². The monoisotopic (exact) mass is 633 g/mol. The SMILES string of the molecule is CN[C@@H](C)C(=O)N[C@H](C(=O)N1C[C@H]2CC(F)(F)CN2C[C@H]1C(=O)N[C@H]1c2ccccc2C[C@@H]1O)C1CCCCC1.Cl.Cl. The minimum atomic E-state index is -2.90. The molecule has 0 bridgehead atoms. The quantitative estimate of drug-likeness (QED) is 0.366. The van der Waals surface area contributed by atoms with Gasteiger partial charge in [-0.15, -0.1) is 24.8 Å². The lowest BCUT2D eigenvalue weighted by Crippen LogP contribution is -2.66. The van der Waals surface area contributed by atoms with Gasteiger partial charge in [0.2, 0.25) is 17.7 Å². The summed E-state index contributed by atoms with van der Waals surface area (Å²) in [6, 6.07) is 3.87. The fourth-order valence-corrected chi connectivity index (χ4v) is 6.94. The number of piperazine rings is 1. The average molecular weight is 635 g/mol. The zero-order valence-corrected chi connectivity index (χ0v) is 25.7. The molecular weight excluding hydrogens is 591 g/mol. The van der Waals surface area contributed by atoms with Crippen LogP contribution in [0, 0.1) is 5.92 Å². The molecule has 0 radical (unpaired) electrons. The van der Waals surface area contributed by atoms with Crippen molar-refractivity contribution in [3.8, 4) is 0 Å². The van der Waals surface area contributed by atoms with Crippen LogP contribution < -0.4 is 16.0 Å². The van der Waals surface area contributed by atoms with Gasteiger partial charge in [-0.25, -0.2) is 8.78 Å². The zero-order valence-electron chi connectivity index (χ0n) is 24.1. The summed E-state index contributed by atoms with van der Waals surface area (Å²) in [5.74, 6) is -4.19. The van der Waals surface area contributed by atoms with Crippen LogP contribution >= 0.6 is 24.8 Å². The molecule has 3 fully saturated rings. The molecule has 1 aromatic rings. The van der Waals surface area contributed by atoms with Crippen molar-refractivity contribution in [3.63, 3.8) is 0 Å². The second-order valence-electron chi connectivity index (χ2n) is 12.0. The molecule has 9 nitrogen and oxygen atoms in total. The van der Waals surface area contributed by atoms with Crippen molar-refractivity contribution in [1.29, 1.82) is 0 Å². The first-order valence-electron chi connectivity index (χ1n) is 14.5. The molecule has 2 heterocycles. The van der Waals surface area contributed by atoms with Crippen LogP contribution in [0.4, 0.5) is 8.78 Å². The second kappa shape index (κ2) is 14.2. The van der Waals surface area contributed by atoms with E-state index in [1.807, 2.05) is 24.3 Å². The standard InChI is InChI=1S/C29H41F2N5O4.2ClH/c1-17(32-2)26(38)33-24(18-8-4-3-5-9-18)28(40)36-14-20-13-29(30,31)16-35(20)15-22(36)27(39)34-25-21-11-7-6-10-19(21)12-23(25)37;;/h6-7,10-11,17-18,20,22-25,32,37H,3-5,8-9,12-16H2,1-2H3,(H,33,38)(H,34,39);2*1H/t17-,20+,22-,23-,24-,25-;;/m0../s1. The lowest BCUT2D eigenvalue weighted by molar-refractivity contribution is -0.149. The van der Waals surface area contributed by atoms with E-state index in [2.05, 4.69) is 16.0 Å². The summed E-state index contributed by atoms with van der Waals surface area (Å²) in [5.41, 5.74) is 1.76. The lowest BCUT2D eigenvalue weighted by Gasteiger charge is -2.45. The molecule has 1 saturated carbocycles. The number of amides is 3. The van der Waals surface area contributed by atoms with Crippen LogP contribution in [-0.2, 0) is 20.8 Å². The van der Waals surface area contributed by atoms with Crippen LogP contribution in [0.1, 0.15) is 62.6 Å². The van der Waals surface area contributed by atoms with Crippen LogP contribution in [0.2, 0.25) is 0 Å². The number of nitrogens with one attached hydrogen (secondary N) is 3. The molecule has 0 unspecified atom stereocenters. The Balaban J connectivity index is 0.00000242. The van der Waals surface area contributed by atoms with Gasteiger partial charge in [0, 0.05) is 32.0 Å². The van der Waals surface area contributed by atoms with Crippen LogP contribution in [0.25, 0.3) is 0 Å². The molecule has 13 heteroatoms. The highest BCUT2D eigenvalue weighted by atomic mass is 35.5. The van der Waals surface area contributed by atoms with Gasteiger partial charge in [-0.1, -0.05) is 43.5 Å². The molecular formula is C29H43Cl2F2N5O4. The molecule has 6 atom stereocenters. The topological polar surface area (TPSA) is 114 Å². The summed E-state index contributed by atoms with van der Waals surface area (Å²) in [6.07, 6.45) is 3.68. The molecule has 4 aliphatic rings. The molecule has 2 aliphatic heterocycles. The van der Waals surface area contributed by atoms with E-state index >= 15 is 0 Å². The van der Waals surface area contributed by atoms with Gasteiger partial charge in [-0.05, 0) is 43.9 Å². The van der Waals surface area contributed by atoms with Crippen LogP contribution in [0.15, 0.2) is 24.3 Å². The molecule has 0 spiro atoms. The Kier molecular flexibility index (Phi) is 11.6. The van der Waals surface area contributed by atoms with E-state index in [1.165, 1.54) is 4.90 Å². The van der Waals surface area contributed by atoms with Crippen molar-refractivity contribution in [2.24, 2.45) is 5.92 Å². The fraction of sp³-hybridized carbons (Fsp3) is 0.690.